The van der Waals surface area contributed by atoms with Crippen LogP contribution in [0.15, 0.2) is 48.8 Å². The van der Waals surface area contributed by atoms with E-state index in [1.54, 1.807) is 16.9 Å². The Balaban J connectivity index is 1.08. The minimum atomic E-state index is -0.177. The van der Waals surface area contributed by atoms with E-state index in [9.17, 15) is 9.59 Å². The van der Waals surface area contributed by atoms with Crippen molar-refractivity contribution in [2.75, 3.05) is 10.6 Å². The van der Waals surface area contributed by atoms with Gasteiger partial charge in [0.25, 0.3) is 0 Å². The monoisotopic (exact) mass is 517 g/mol. The lowest BCUT2D eigenvalue weighted by molar-refractivity contribution is -0.116. The second kappa shape index (κ2) is 11.3. The van der Waals surface area contributed by atoms with Crippen LogP contribution in [0.2, 0.25) is 0 Å². The standard InChI is InChI=1S/C25H27N9O2S/c1-34-11-9-20(33-34)15-23(36)28-25-32-31-24(37-25)17-6-5-16(12-17)13-19-7-8-21(30-29-19)27-22(35)14-18-4-2-3-10-26-18/h2-4,7-11,16-17H,5-6,12-15H2,1H3,(H,27,30,35)(H,28,32,36)/t16-,17+/m1/s1. The van der Waals surface area contributed by atoms with Crippen LogP contribution >= 0.6 is 11.3 Å². The number of rotatable bonds is 9. The second-order valence-electron chi connectivity index (χ2n) is 9.19. The third-order valence-electron chi connectivity index (χ3n) is 6.24. The molecule has 2 N–H and O–H groups in total. The van der Waals surface area contributed by atoms with Gasteiger partial charge in [0, 0.05) is 31.1 Å². The number of aryl methyl sites for hydroxylation is 1. The first kappa shape index (κ1) is 24.6. The number of hydrogen-bond acceptors (Lipinski definition) is 9. The Bertz CT molecular complexity index is 1350. The molecule has 1 aliphatic rings. The van der Waals surface area contributed by atoms with E-state index in [0.29, 0.717) is 34.2 Å². The highest BCUT2D eigenvalue weighted by atomic mass is 32.1. The smallest absolute Gasteiger partial charge is 0.232 e. The van der Waals surface area contributed by atoms with Crippen molar-refractivity contribution in [1.82, 2.24) is 35.2 Å². The lowest BCUT2D eigenvalue weighted by Crippen LogP contribution is -2.16. The van der Waals surface area contributed by atoms with E-state index in [1.807, 2.05) is 43.6 Å². The molecule has 0 bridgehead atoms. The van der Waals surface area contributed by atoms with Gasteiger partial charge in [-0.05, 0) is 61.9 Å². The zero-order valence-corrected chi connectivity index (χ0v) is 21.2. The average molecular weight is 518 g/mol. The third-order valence-corrected chi connectivity index (χ3v) is 7.24. The van der Waals surface area contributed by atoms with Crippen LogP contribution in [0.5, 0.6) is 0 Å². The number of pyridine rings is 1. The lowest BCUT2D eigenvalue weighted by atomic mass is 10.00. The molecule has 190 valence electrons. The molecule has 12 heteroatoms. The van der Waals surface area contributed by atoms with Gasteiger partial charge in [0.1, 0.15) is 5.01 Å². The van der Waals surface area contributed by atoms with Crippen LogP contribution in [0, 0.1) is 5.92 Å². The van der Waals surface area contributed by atoms with E-state index in [4.69, 9.17) is 0 Å². The van der Waals surface area contributed by atoms with Crippen LogP contribution in [0.25, 0.3) is 0 Å². The molecular formula is C25H27N9O2S. The van der Waals surface area contributed by atoms with Gasteiger partial charge < -0.3 is 10.6 Å². The predicted molar refractivity (Wildman–Crippen MR) is 138 cm³/mol. The fraction of sp³-hybridized carbons (Fsp3) is 0.360. The summed E-state index contributed by atoms with van der Waals surface area (Å²) in [7, 11) is 1.82. The molecule has 2 atom stereocenters. The zero-order valence-electron chi connectivity index (χ0n) is 20.4. The van der Waals surface area contributed by atoms with Gasteiger partial charge in [-0.2, -0.15) is 10.2 Å². The molecule has 4 heterocycles. The number of hydrogen-bond donors (Lipinski definition) is 2. The van der Waals surface area contributed by atoms with E-state index in [0.717, 1.165) is 36.4 Å². The van der Waals surface area contributed by atoms with Crippen LogP contribution < -0.4 is 10.6 Å². The molecule has 1 fully saturated rings. The van der Waals surface area contributed by atoms with Gasteiger partial charge >= 0.3 is 0 Å². The summed E-state index contributed by atoms with van der Waals surface area (Å²) < 4.78 is 1.67. The molecule has 0 saturated heterocycles. The second-order valence-corrected chi connectivity index (χ2v) is 10.2. The number of amides is 2. The maximum atomic E-state index is 12.3. The molecule has 11 nitrogen and oxygen atoms in total. The van der Waals surface area contributed by atoms with Crippen molar-refractivity contribution in [3.63, 3.8) is 0 Å². The van der Waals surface area contributed by atoms with Gasteiger partial charge in [-0.3, -0.25) is 19.3 Å². The molecule has 0 radical (unpaired) electrons. The van der Waals surface area contributed by atoms with Crippen molar-refractivity contribution in [2.24, 2.45) is 13.0 Å². The van der Waals surface area contributed by atoms with Crippen molar-refractivity contribution in [3.8, 4) is 0 Å². The topological polar surface area (TPSA) is 140 Å². The summed E-state index contributed by atoms with van der Waals surface area (Å²) in [5.41, 5.74) is 2.31. The lowest BCUT2D eigenvalue weighted by Gasteiger charge is -2.09. The fourth-order valence-corrected chi connectivity index (χ4v) is 5.41. The van der Waals surface area contributed by atoms with Gasteiger partial charge in [0.05, 0.1) is 24.2 Å². The first-order valence-corrected chi connectivity index (χ1v) is 13.0. The Morgan fingerprint density at radius 2 is 1.81 bits per heavy atom. The summed E-state index contributed by atoms with van der Waals surface area (Å²) in [4.78, 5) is 28.6. The number of aromatic nitrogens is 7. The van der Waals surface area contributed by atoms with Gasteiger partial charge in [-0.1, -0.05) is 17.4 Å². The van der Waals surface area contributed by atoms with Crippen molar-refractivity contribution in [2.45, 2.75) is 44.4 Å². The Morgan fingerprint density at radius 1 is 0.946 bits per heavy atom. The zero-order chi connectivity index (χ0) is 25.6. The summed E-state index contributed by atoms with van der Waals surface area (Å²) in [5, 5.41) is 28.3. The van der Waals surface area contributed by atoms with Gasteiger partial charge in [0.15, 0.2) is 5.82 Å². The molecule has 0 aliphatic heterocycles. The quantitative estimate of drug-likeness (QED) is 0.345. The van der Waals surface area contributed by atoms with Crippen LogP contribution in [-0.2, 0) is 35.9 Å². The third kappa shape index (κ3) is 6.79. The van der Waals surface area contributed by atoms with Gasteiger partial charge in [0.2, 0.25) is 16.9 Å². The number of nitrogens with zero attached hydrogens (tertiary/aromatic N) is 7. The molecule has 1 aliphatic carbocycles. The first-order chi connectivity index (χ1) is 18.0. The summed E-state index contributed by atoms with van der Waals surface area (Å²) in [5.74, 6) is 0.891. The molecule has 2 amide bonds. The average Bonchev–Trinajstić information content (AvgIpc) is 3.63. The molecular weight excluding hydrogens is 490 g/mol. The van der Waals surface area contributed by atoms with E-state index >= 15 is 0 Å². The minimum Gasteiger partial charge on any atom is -0.309 e. The van der Waals surface area contributed by atoms with Gasteiger partial charge in [-0.25, -0.2) is 0 Å². The Hall–Kier alpha value is -4.06. The fourth-order valence-electron chi connectivity index (χ4n) is 4.51. The highest BCUT2D eigenvalue weighted by Crippen LogP contribution is 2.41. The van der Waals surface area contributed by atoms with Crippen LogP contribution in [-0.4, -0.2) is 47.0 Å². The van der Waals surface area contributed by atoms with Crippen molar-refractivity contribution in [3.05, 3.63) is 70.9 Å². The Kier molecular flexibility index (Phi) is 7.54. The summed E-state index contributed by atoms with van der Waals surface area (Å²) in [6.45, 7) is 0. The maximum Gasteiger partial charge on any atom is 0.232 e. The normalized spacial score (nSPS) is 17.0. The van der Waals surface area contributed by atoms with Crippen molar-refractivity contribution in [1.29, 1.82) is 0 Å². The van der Waals surface area contributed by atoms with Crippen LogP contribution in [0.4, 0.5) is 10.9 Å². The van der Waals surface area contributed by atoms with Crippen molar-refractivity contribution < 1.29 is 9.59 Å². The molecule has 0 aromatic carbocycles. The predicted octanol–water partition coefficient (Wildman–Crippen LogP) is 2.95. The number of nitrogens with one attached hydrogen (secondary N) is 2. The summed E-state index contributed by atoms with van der Waals surface area (Å²) in [6.07, 6.45) is 7.76. The molecule has 5 rings (SSSR count). The largest absolute Gasteiger partial charge is 0.309 e. The highest BCUT2D eigenvalue weighted by molar-refractivity contribution is 7.15. The Morgan fingerprint density at radius 3 is 2.57 bits per heavy atom. The van der Waals surface area contributed by atoms with Crippen molar-refractivity contribution >= 4 is 34.1 Å². The molecule has 0 unspecified atom stereocenters. The number of carbonyl (C=O) groups is 2. The molecule has 4 aromatic heterocycles. The van der Waals surface area contributed by atoms with E-state index in [2.05, 4.69) is 41.1 Å². The number of carbonyl (C=O) groups excluding carboxylic acids is 2. The summed E-state index contributed by atoms with van der Waals surface area (Å²) in [6, 6.07) is 11.0. The number of anilines is 2. The van der Waals surface area contributed by atoms with E-state index in [-0.39, 0.29) is 24.7 Å². The van der Waals surface area contributed by atoms with Crippen LogP contribution in [0.1, 0.15) is 47.3 Å². The highest BCUT2D eigenvalue weighted by Gasteiger charge is 2.29. The maximum absolute atomic E-state index is 12.3. The molecule has 37 heavy (non-hydrogen) atoms. The Labute approximate surface area is 217 Å². The van der Waals surface area contributed by atoms with Crippen LogP contribution in [0.3, 0.4) is 0 Å². The first-order valence-electron chi connectivity index (χ1n) is 12.1. The van der Waals surface area contributed by atoms with Gasteiger partial charge in [-0.15, -0.1) is 15.3 Å². The SMILES string of the molecule is Cn1ccc(CC(=O)Nc2nnc([C@H]3CC[C@@H](Cc4ccc(NC(=O)Cc5ccccn5)nn4)C3)s2)n1. The van der Waals surface area contributed by atoms with E-state index in [1.165, 1.54) is 11.3 Å². The molecule has 4 aromatic rings. The minimum absolute atomic E-state index is 0.152. The van der Waals surface area contributed by atoms with E-state index < -0.39 is 0 Å². The molecule has 1 saturated carbocycles. The summed E-state index contributed by atoms with van der Waals surface area (Å²) >= 11 is 1.44. The molecule has 0 spiro atoms.